The third-order valence-electron chi connectivity index (χ3n) is 1.54. The first-order chi connectivity index (χ1) is 5.79. The van der Waals surface area contributed by atoms with Crippen molar-refractivity contribution in [2.45, 2.75) is 0 Å². The number of carbonyl (C=O) groups excluding carboxylic acids is 1. The fraction of sp³-hybridized carbons (Fsp3) is 0.143. The highest BCUT2D eigenvalue weighted by Crippen LogP contribution is 2.32. The highest BCUT2D eigenvalue weighted by Gasteiger charge is 2.22. The molecule has 0 N–H and O–H groups in total. The number of amidine groups is 1. The third kappa shape index (κ3) is 1.28. The van der Waals surface area contributed by atoms with E-state index in [1.165, 1.54) is 11.8 Å². The van der Waals surface area contributed by atoms with E-state index >= 15 is 0 Å². The Bertz CT molecular complexity index is 321. The second kappa shape index (κ2) is 2.95. The van der Waals surface area contributed by atoms with Crippen LogP contribution in [-0.2, 0) is 4.79 Å². The number of nitrogens with zero attached hydrogens (tertiary/aromatic N) is 2. The number of thioether (sulfide) groups is 1. The Kier molecular flexibility index (Phi) is 1.94. The predicted octanol–water partition coefficient (Wildman–Crippen LogP) is 1.53. The molecule has 5 heteroatoms. The molecule has 0 atom stereocenters. The number of aliphatic imine (C=N–C) groups is 1. The van der Waals surface area contributed by atoms with Gasteiger partial charge in [0.1, 0.15) is 6.29 Å². The molecule has 2 aliphatic rings. The van der Waals surface area contributed by atoms with Crippen LogP contribution in [0.3, 0.4) is 0 Å². The molecular weight excluding hydrogens is 196 g/mol. The molecule has 0 saturated carbocycles. The number of rotatable bonds is 1. The van der Waals surface area contributed by atoms with Gasteiger partial charge in [0.2, 0.25) is 0 Å². The average molecular weight is 201 g/mol. The topological polar surface area (TPSA) is 32.7 Å². The number of aldehydes is 1. The van der Waals surface area contributed by atoms with Gasteiger partial charge in [0, 0.05) is 18.0 Å². The summed E-state index contributed by atoms with van der Waals surface area (Å²) in [6.07, 6.45) is 4.17. The molecule has 0 aromatic rings. The molecule has 0 aromatic carbocycles. The molecule has 0 unspecified atom stereocenters. The first-order valence-electron chi connectivity index (χ1n) is 3.33. The van der Waals surface area contributed by atoms with Gasteiger partial charge in [-0.1, -0.05) is 11.6 Å². The van der Waals surface area contributed by atoms with Gasteiger partial charge in [-0.3, -0.25) is 4.79 Å². The van der Waals surface area contributed by atoms with Crippen LogP contribution in [0.2, 0.25) is 0 Å². The number of hydrogen-bond acceptors (Lipinski definition) is 4. The van der Waals surface area contributed by atoms with E-state index in [0.717, 1.165) is 11.5 Å². The Hall–Kier alpha value is -0.740. The lowest BCUT2D eigenvalue weighted by Gasteiger charge is -2.18. The molecule has 3 nitrogen and oxygen atoms in total. The molecule has 0 bridgehead atoms. The van der Waals surface area contributed by atoms with Crippen LogP contribution in [0.15, 0.2) is 27.3 Å². The fourth-order valence-electron chi connectivity index (χ4n) is 1.01. The van der Waals surface area contributed by atoms with Crippen LogP contribution in [-0.4, -0.2) is 22.9 Å². The lowest BCUT2D eigenvalue weighted by atomic mass is 10.3. The van der Waals surface area contributed by atoms with Crippen molar-refractivity contribution in [1.29, 1.82) is 0 Å². The van der Waals surface area contributed by atoms with E-state index in [4.69, 9.17) is 11.6 Å². The molecule has 12 heavy (non-hydrogen) atoms. The van der Waals surface area contributed by atoms with E-state index in [1.807, 2.05) is 4.90 Å². The zero-order valence-electron chi connectivity index (χ0n) is 6.03. The molecule has 0 saturated heterocycles. The van der Waals surface area contributed by atoms with Crippen molar-refractivity contribution in [3.05, 3.63) is 22.3 Å². The van der Waals surface area contributed by atoms with Crippen molar-refractivity contribution in [2.75, 3.05) is 6.54 Å². The lowest BCUT2D eigenvalue weighted by molar-refractivity contribution is -0.105. The summed E-state index contributed by atoms with van der Waals surface area (Å²) in [5, 5.41) is 0.839. The average Bonchev–Trinajstić information content (AvgIpc) is 2.43. The first kappa shape index (κ1) is 7.89. The van der Waals surface area contributed by atoms with Crippen LogP contribution >= 0.6 is 23.4 Å². The maximum Gasteiger partial charge on any atom is 0.174 e. The molecule has 0 spiro atoms. The van der Waals surface area contributed by atoms with Gasteiger partial charge in [-0.25, -0.2) is 4.99 Å². The maximum absolute atomic E-state index is 10.4. The standard InChI is InChI=1S/C7H5ClN2OS/c8-6-3-10-2-5(4-11)1-9-7(10)12-6/h1,3-4H,2H2. The van der Waals surface area contributed by atoms with Gasteiger partial charge in [-0.2, -0.15) is 0 Å². The lowest BCUT2D eigenvalue weighted by Crippen LogP contribution is -2.25. The smallest absolute Gasteiger partial charge is 0.174 e. The molecular formula is C7H5ClN2OS. The first-order valence-corrected chi connectivity index (χ1v) is 4.53. The highest BCUT2D eigenvalue weighted by atomic mass is 35.5. The molecule has 0 aromatic heterocycles. The predicted molar refractivity (Wildman–Crippen MR) is 49.8 cm³/mol. The van der Waals surface area contributed by atoms with E-state index in [9.17, 15) is 4.79 Å². The quantitative estimate of drug-likeness (QED) is 0.602. The van der Waals surface area contributed by atoms with E-state index in [-0.39, 0.29) is 0 Å². The van der Waals surface area contributed by atoms with Gasteiger partial charge in [-0.05, 0) is 11.8 Å². The minimum atomic E-state index is 0.575. The summed E-state index contributed by atoms with van der Waals surface area (Å²) in [4.78, 5) is 16.3. The Labute approximate surface area is 78.8 Å². The summed E-state index contributed by atoms with van der Waals surface area (Å²) in [5.41, 5.74) is 0.668. The molecule has 2 aliphatic heterocycles. The zero-order valence-corrected chi connectivity index (χ0v) is 7.60. The van der Waals surface area contributed by atoms with E-state index < -0.39 is 0 Å². The van der Waals surface area contributed by atoms with Crippen LogP contribution in [0.1, 0.15) is 0 Å². The van der Waals surface area contributed by atoms with Gasteiger partial charge >= 0.3 is 0 Å². The minimum absolute atomic E-state index is 0.575. The number of halogens is 1. The molecule has 2 rings (SSSR count). The summed E-state index contributed by atoms with van der Waals surface area (Å²) >= 11 is 7.17. The molecule has 0 aliphatic carbocycles. The van der Waals surface area contributed by atoms with Gasteiger partial charge in [-0.15, -0.1) is 0 Å². The molecule has 0 radical (unpaired) electrons. The summed E-state index contributed by atoms with van der Waals surface area (Å²) in [7, 11) is 0. The van der Waals surface area contributed by atoms with E-state index in [2.05, 4.69) is 4.99 Å². The normalized spacial score (nSPS) is 21.1. The molecule has 62 valence electrons. The second-order valence-electron chi connectivity index (χ2n) is 2.40. The zero-order chi connectivity index (χ0) is 8.55. The second-order valence-corrected chi connectivity index (χ2v) is 4.04. The third-order valence-corrected chi connectivity index (χ3v) is 2.69. The van der Waals surface area contributed by atoms with Crippen molar-refractivity contribution in [1.82, 2.24) is 4.90 Å². The van der Waals surface area contributed by atoms with Gasteiger partial charge in [0.15, 0.2) is 5.17 Å². The highest BCUT2D eigenvalue weighted by molar-refractivity contribution is 8.18. The molecule has 0 amide bonds. The largest absolute Gasteiger partial charge is 0.321 e. The van der Waals surface area contributed by atoms with E-state index in [1.54, 1.807) is 12.4 Å². The van der Waals surface area contributed by atoms with Gasteiger partial charge in [0.25, 0.3) is 0 Å². The number of carbonyl (C=O) groups is 1. The van der Waals surface area contributed by atoms with E-state index in [0.29, 0.717) is 16.5 Å². The minimum Gasteiger partial charge on any atom is -0.321 e. The summed E-state index contributed by atoms with van der Waals surface area (Å²) in [5.74, 6) is 0. The van der Waals surface area contributed by atoms with Crippen LogP contribution < -0.4 is 0 Å². The van der Waals surface area contributed by atoms with Crippen LogP contribution in [0, 0.1) is 0 Å². The Morgan fingerprint density at radius 1 is 1.75 bits per heavy atom. The monoisotopic (exact) mass is 200 g/mol. The van der Waals surface area contributed by atoms with Crippen molar-refractivity contribution in [3.63, 3.8) is 0 Å². The van der Waals surface area contributed by atoms with Crippen molar-refractivity contribution >= 4 is 34.8 Å². The van der Waals surface area contributed by atoms with Gasteiger partial charge in [0.05, 0.1) is 10.9 Å². The fourth-order valence-corrected chi connectivity index (χ4v) is 2.03. The Morgan fingerprint density at radius 2 is 2.58 bits per heavy atom. The summed E-state index contributed by atoms with van der Waals surface area (Å²) < 4.78 is 0.689. The summed E-state index contributed by atoms with van der Waals surface area (Å²) in [6, 6.07) is 0. The summed E-state index contributed by atoms with van der Waals surface area (Å²) in [6.45, 7) is 0.575. The Balaban J connectivity index is 2.25. The SMILES string of the molecule is O=CC1=CN=C2SC(Cl)=CN2C1. The van der Waals surface area contributed by atoms with Crippen molar-refractivity contribution < 1.29 is 4.79 Å². The van der Waals surface area contributed by atoms with Crippen molar-refractivity contribution in [2.24, 2.45) is 4.99 Å². The van der Waals surface area contributed by atoms with Gasteiger partial charge < -0.3 is 4.90 Å². The number of hydrogen-bond donors (Lipinski definition) is 0. The van der Waals surface area contributed by atoms with Crippen LogP contribution in [0.25, 0.3) is 0 Å². The Morgan fingerprint density at radius 3 is 3.33 bits per heavy atom. The van der Waals surface area contributed by atoms with Crippen LogP contribution in [0.5, 0.6) is 0 Å². The number of fused-ring (bicyclic) bond motifs is 1. The molecule has 0 fully saturated rings. The molecule has 2 heterocycles. The maximum atomic E-state index is 10.4. The van der Waals surface area contributed by atoms with Crippen molar-refractivity contribution in [3.8, 4) is 0 Å². The van der Waals surface area contributed by atoms with Crippen LogP contribution in [0.4, 0.5) is 0 Å².